The maximum atomic E-state index is 14.1. The van der Waals surface area contributed by atoms with Crippen LogP contribution in [0, 0.1) is 0 Å². The number of anilines is 1. The van der Waals surface area contributed by atoms with E-state index in [2.05, 4.69) is 45.5 Å². The van der Waals surface area contributed by atoms with Crippen molar-refractivity contribution in [2.45, 2.75) is 38.4 Å². The molecule has 0 bridgehead atoms. The van der Waals surface area contributed by atoms with Crippen molar-refractivity contribution < 1.29 is 4.39 Å². The molecule has 4 rings (SSSR count). The molecule has 27 heavy (non-hydrogen) atoms. The molecule has 1 N–H and O–H groups in total. The summed E-state index contributed by atoms with van der Waals surface area (Å²) in [5.41, 5.74) is 4.44. The van der Waals surface area contributed by atoms with Crippen LogP contribution < -0.4 is 10.2 Å². The number of pyridine rings is 1. The highest BCUT2D eigenvalue weighted by Crippen LogP contribution is 2.25. The summed E-state index contributed by atoms with van der Waals surface area (Å²) in [6.45, 7) is 6.71. The minimum absolute atomic E-state index is 0.166. The van der Waals surface area contributed by atoms with Gasteiger partial charge in [0.25, 0.3) is 0 Å². The van der Waals surface area contributed by atoms with Crippen molar-refractivity contribution in [2.75, 3.05) is 31.1 Å². The van der Waals surface area contributed by atoms with Crippen molar-refractivity contribution in [2.24, 2.45) is 4.99 Å². The van der Waals surface area contributed by atoms with Crippen molar-refractivity contribution in [1.82, 2.24) is 10.3 Å². The van der Waals surface area contributed by atoms with Gasteiger partial charge in [-0.2, -0.15) is 0 Å². The fourth-order valence-electron chi connectivity index (χ4n) is 4.09. The minimum atomic E-state index is -1.16. The third-order valence-electron chi connectivity index (χ3n) is 5.24. The Bertz CT molecular complexity index is 840. The monoisotopic (exact) mass is 366 g/mol. The van der Waals surface area contributed by atoms with Crippen LogP contribution in [0.4, 0.5) is 10.1 Å². The zero-order valence-electron chi connectivity index (χ0n) is 16.1. The van der Waals surface area contributed by atoms with Gasteiger partial charge in [0.05, 0.1) is 11.4 Å². The fraction of sp³-hybridized carbons (Fsp3) is 0.455. The lowest BCUT2D eigenvalue weighted by atomic mass is 9.96. The Morgan fingerprint density at radius 1 is 1.26 bits per heavy atom. The molecule has 2 aliphatic rings. The largest absolute Gasteiger partial charge is 0.369 e. The Balaban J connectivity index is 1.57. The summed E-state index contributed by atoms with van der Waals surface area (Å²) in [4.78, 5) is 11.7. The number of benzene rings is 1. The molecule has 2 aromatic rings. The van der Waals surface area contributed by atoms with Gasteiger partial charge in [-0.15, -0.1) is 0 Å². The van der Waals surface area contributed by atoms with Crippen LogP contribution in [0.5, 0.6) is 0 Å². The van der Waals surface area contributed by atoms with Crippen molar-refractivity contribution in [3.63, 3.8) is 0 Å². The number of nitrogens with one attached hydrogen (secondary N) is 1. The maximum absolute atomic E-state index is 14.1. The molecule has 3 heterocycles. The maximum Gasteiger partial charge on any atom is 0.107 e. The van der Waals surface area contributed by atoms with Gasteiger partial charge in [-0.3, -0.25) is 9.98 Å². The number of hydrogen-bond acceptors (Lipinski definition) is 4. The van der Waals surface area contributed by atoms with E-state index in [9.17, 15) is 4.39 Å². The van der Waals surface area contributed by atoms with Gasteiger partial charge in [0.2, 0.25) is 0 Å². The van der Waals surface area contributed by atoms with E-state index in [1.165, 1.54) is 5.69 Å². The molecule has 1 fully saturated rings. The standard InChI is InChI=1S/C22H27FN4/c1-22(2,23)14-17-15-27(12-11-24-17)18-6-3-5-16(13-18)21-19-7-4-9-25-20(19)8-10-26-21/h3-7,9,13,17,24H,8,10-12,14-15H2,1-2H3. The molecule has 1 saturated heterocycles. The molecular weight excluding hydrogens is 339 g/mol. The van der Waals surface area contributed by atoms with E-state index in [0.717, 1.165) is 55.1 Å². The summed E-state index contributed by atoms with van der Waals surface area (Å²) in [5.74, 6) is 0. The number of piperazine rings is 1. The van der Waals surface area contributed by atoms with E-state index in [1.54, 1.807) is 13.8 Å². The van der Waals surface area contributed by atoms with Crippen LogP contribution in [0.15, 0.2) is 47.6 Å². The molecule has 0 aliphatic carbocycles. The van der Waals surface area contributed by atoms with Crippen LogP contribution >= 0.6 is 0 Å². The lowest BCUT2D eigenvalue weighted by Gasteiger charge is -2.37. The highest BCUT2D eigenvalue weighted by atomic mass is 19.1. The van der Waals surface area contributed by atoms with E-state index < -0.39 is 5.67 Å². The van der Waals surface area contributed by atoms with Crippen molar-refractivity contribution in [3.05, 3.63) is 59.4 Å². The molecule has 1 aromatic carbocycles. The molecule has 0 amide bonds. The summed E-state index contributed by atoms with van der Waals surface area (Å²) < 4.78 is 14.1. The number of halogens is 1. The summed E-state index contributed by atoms with van der Waals surface area (Å²) in [7, 11) is 0. The van der Waals surface area contributed by atoms with Crippen molar-refractivity contribution in [1.29, 1.82) is 0 Å². The molecule has 5 heteroatoms. The predicted octanol–water partition coefficient (Wildman–Crippen LogP) is 3.39. The molecule has 2 aliphatic heterocycles. The van der Waals surface area contributed by atoms with Crippen LogP contribution in [-0.2, 0) is 6.42 Å². The molecule has 142 valence electrons. The zero-order valence-corrected chi connectivity index (χ0v) is 16.1. The average molecular weight is 366 g/mol. The number of nitrogens with zero attached hydrogens (tertiary/aromatic N) is 3. The highest BCUT2D eigenvalue weighted by molar-refractivity contribution is 6.14. The molecular formula is C22H27FN4. The van der Waals surface area contributed by atoms with E-state index >= 15 is 0 Å². The fourth-order valence-corrected chi connectivity index (χ4v) is 4.09. The van der Waals surface area contributed by atoms with Gasteiger partial charge in [-0.1, -0.05) is 12.1 Å². The normalized spacial score (nSPS) is 20.2. The van der Waals surface area contributed by atoms with Crippen LogP contribution in [0.2, 0.25) is 0 Å². The van der Waals surface area contributed by atoms with E-state index in [-0.39, 0.29) is 6.04 Å². The third kappa shape index (κ3) is 4.19. The van der Waals surface area contributed by atoms with Gasteiger partial charge in [0.15, 0.2) is 0 Å². The Hall–Kier alpha value is -2.27. The van der Waals surface area contributed by atoms with Crippen LogP contribution in [0.25, 0.3) is 0 Å². The number of rotatable bonds is 4. The van der Waals surface area contributed by atoms with Gasteiger partial charge >= 0.3 is 0 Å². The van der Waals surface area contributed by atoms with Crippen molar-refractivity contribution in [3.8, 4) is 0 Å². The lowest BCUT2D eigenvalue weighted by Crippen LogP contribution is -2.52. The van der Waals surface area contributed by atoms with E-state index in [1.807, 2.05) is 12.3 Å². The number of aromatic nitrogens is 1. The van der Waals surface area contributed by atoms with Gasteiger partial charge in [-0.25, -0.2) is 4.39 Å². The summed E-state index contributed by atoms with van der Waals surface area (Å²) in [6, 6.07) is 12.8. The second-order valence-electron chi connectivity index (χ2n) is 8.05. The number of fused-ring (bicyclic) bond motifs is 1. The smallest absolute Gasteiger partial charge is 0.107 e. The van der Waals surface area contributed by atoms with Gasteiger partial charge in [0, 0.05) is 61.7 Å². The first kappa shape index (κ1) is 18.1. The lowest BCUT2D eigenvalue weighted by molar-refractivity contribution is 0.175. The minimum Gasteiger partial charge on any atom is -0.369 e. The first-order valence-corrected chi connectivity index (χ1v) is 9.76. The second-order valence-corrected chi connectivity index (χ2v) is 8.05. The quantitative estimate of drug-likeness (QED) is 0.902. The molecule has 4 nitrogen and oxygen atoms in total. The first-order valence-electron chi connectivity index (χ1n) is 9.76. The van der Waals surface area contributed by atoms with Crippen LogP contribution in [-0.4, -0.2) is 48.6 Å². The Labute approximate surface area is 160 Å². The number of alkyl halides is 1. The third-order valence-corrected chi connectivity index (χ3v) is 5.24. The molecule has 0 saturated carbocycles. The van der Waals surface area contributed by atoms with Crippen LogP contribution in [0.1, 0.15) is 37.1 Å². The average Bonchev–Trinajstić information content (AvgIpc) is 2.66. The van der Waals surface area contributed by atoms with Crippen LogP contribution in [0.3, 0.4) is 0 Å². The van der Waals surface area contributed by atoms with Crippen molar-refractivity contribution >= 4 is 11.4 Å². The zero-order chi connectivity index (χ0) is 18.9. The Morgan fingerprint density at radius 2 is 2.15 bits per heavy atom. The summed E-state index contributed by atoms with van der Waals surface area (Å²) in [5, 5.41) is 3.45. The molecule has 0 radical (unpaired) electrons. The molecule has 1 atom stereocenters. The first-order chi connectivity index (χ1) is 13.0. The van der Waals surface area contributed by atoms with Gasteiger partial charge in [0.1, 0.15) is 5.67 Å². The summed E-state index contributed by atoms with van der Waals surface area (Å²) in [6.07, 6.45) is 3.28. The summed E-state index contributed by atoms with van der Waals surface area (Å²) >= 11 is 0. The second kappa shape index (κ2) is 7.39. The molecule has 0 spiro atoms. The Kier molecular flexibility index (Phi) is 4.96. The highest BCUT2D eigenvalue weighted by Gasteiger charge is 2.27. The number of hydrogen-bond donors (Lipinski definition) is 1. The van der Waals surface area contributed by atoms with Gasteiger partial charge < -0.3 is 10.2 Å². The predicted molar refractivity (Wildman–Crippen MR) is 109 cm³/mol. The van der Waals surface area contributed by atoms with E-state index in [0.29, 0.717) is 6.42 Å². The molecule has 1 unspecified atom stereocenters. The number of aliphatic imine (C=N–C) groups is 1. The molecule has 1 aromatic heterocycles. The topological polar surface area (TPSA) is 40.5 Å². The van der Waals surface area contributed by atoms with Gasteiger partial charge in [-0.05, 0) is 44.5 Å². The van der Waals surface area contributed by atoms with E-state index in [4.69, 9.17) is 4.99 Å². The SMILES string of the molecule is CC(C)(F)CC1CN(c2cccc(C3=NCCc4ncccc43)c2)CCN1. The Morgan fingerprint density at radius 3 is 3.00 bits per heavy atom.